The maximum Gasteiger partial charge on any atom is 0.223 e. The van der Waals surface area contributed by atoms with Gasteiger partial charge >= 0.3 is 0 Å². The largest absolute Gasteiger partial charge is 0.356 e. The molecule has 1 rings (SSSR count). The molecule has 0 atom stereocenters. The first-order valence-corrected chi connectivity index (χ1v) is 8.64. The standard InChI is InChI=1S/C13H26N4O3S/c1-13(2)10-17(8-9-21(13,19)20)12(14-3)15-7-6-11(18)16(4)5/h6-10H2,1-5H3,(H,14,15). The van der Waals surface area contributed by atoms with Gasteiger partial charge < -0.3 is 15.1 Å². The molecule has 0 aromatic carbocycles. The third-order valence-electron chi connectivity index (χ3n) is 3.68. The highest BCUT2D eigenvalue weighted by Gasteiger charge is 2.40. The van der Waals surface area contributed by atoms with Crippen LogP contribution >= 0.6 is 0 Å². The molecule has 1 fully saturated rings. The van der Waals surface area contributed by atoms with Crippen LogP contribution in [0.5, 0.6) is 0 Å². The van der Waals surface area contributed by atoms with Crippen molar-refractivity contribution in [2.45, 2.75) is 25.0 Å². The molecule has 1 aliphatic heterocycles. The number of amides is 1. The molecule has 1 aliphatic rings. The van der Waals surface area contributed by atoms with Crippen molar-refractivity contribution in [3.63, 3.8) is 0 Å². The van der Waals surface area contributed by atoms with E-state index in [4.69, 9.17) is 0 Å². The molecule has 8 heteroatoms. The van der Waals surface area contributed by atoms with E-state index in [1.54, 1.807) is 39.9 Å². The summed E-state index contributed by atoms with van der Waals surface area (Å²) in [5.41, 5.74) is 0. The molecule has 1 saturated heterocycles. The van der Waals surface area contributed by atoms with E-state index in [0.29, 0.717) is 32.0 Å². The van der Waals surface area contributed by atoms with Crippen LogP contribution in [-0.4, -0.2) is 81.4 Å². The second kappa shape index (κ2) is 6.64. The summed E-state index contributed by atoms with van der Waals surface area (Å²) in [6.07, 6.45) is 0.377. The average Bonchev–Trinajstić information content (AvgIpc) is 2.38. The lowest BCUT2D eigenvalue weighted by atomic mass is 10.2. The zero-order chi connectivity index (χ0) is 16.3. The van der Waals surface area contributed by atoms with Gasteiger partial charge in [0.1, 0.15) is 0 Å². The predicted octanol–water partition coefficient (Wildman–Crippen LogP) is -0.451. The molecule has 0 aromatic rings. The maximum absolute atomic E-state index is 12.0. The minimum absolute atomic E-state index is 0.0412. The van der Waals surface area contributed by atoms with Crippen molar-refractivity contribution >= 4 is 21.7 Å². The quantitative estimate of drug-likeness (QED) is 0.563. The van der Waals surface area contributed by atoms with E-state index in [9.17, 15) is 13.2 Å². The average molecular weight is 318 g/mol. The lowest BCUT2D eigenvalue weighted by Gasteiger charge is -2.39. The Morgan fingerprint density at radius 1 is 1.38 bits per heavy atom. The normalized spacial score (nSPS) is 21.0. The molecule has 1 heterocycles. The van der Waals surface area contributed by atoms with Crippen molar-refractivity contribution in [3.8, 4) is 0 Å². The molecule has 0 unspecified atom stereocenters. The van der Waals surface area contributed by atoms with Crippen LogP contribution in [0.15, 0.2) is 4.99 Å². The van der Waals surface area contributed by atoms with Gasteiger partial charge in [-0.1, -0.05) is 0 Å². The Labute approximate surface area is 127 Å². The third-order valence-corrected chi connectivity index (χ3v) is 6.21. The molecule has 0 spiro atoms. The van der Waals surface area contributed by atoms with Gasteiger partial charge in [-0.25, -0.2) is 8.42 Å². The van der Waals surface area contributed by atoms with Crippen LogP contribution < -0.4 is 5.32 Å². The molecule has 1 N–H and O–H groups in total. The number of hydrogen-bond acceptors (Lipinski definition) is 4. The van der Waals surface area contributed by atoms with Crippen molar-refractivity contribution in [3.05, 3.63) is 0 Å². The van der Waals surface area contributed by atoms with Gasteiger partial charge in [-0.05, 0) is 13.8 Å². The lowest BCUT2D eigenvalue weighted by molar-refractivity contribution is -0.128. The first-order chi connectivity index (χ1) is 9.60. The summed E-state index contributed by atoms with van der Waals surface area (Å²) in [4.78, 5) is 19.2. The van der Waals surface area contributed by atoms with E-state index in [1.807, 2.05) is 4.90 Å². The van der Waals surface area contributed by atoms with Gasteiger partial charge in [0.25, 0.3) is 0 Å². The minimum atomic E-state index is -3.07. The maximum atomic E-state index is 12.0. The fraction of sp³-hybridized carbons (Fsp3) is 0.846. The van der Waals surface area contributed by atoms with Crippen LogP contribution in [0.4, 0.5) is 0 Å². The van der Waals surface area contributed by atoms with E-state index in [0.717, 1.165) is 0 Å². The molecule has 122 valence electrons. The number of rotatable bonds is 3. The number of nitrogens with zero attached hydrogens (tertiary/aromatic N) is 3. The smallest absolute Gasteiger partial charge is 0.223 e. The number of carbonyl (C=O) groups is 1. The van der Waals surface area contributed by atoms with Gasteiger partial charge in [-0.15, -0.1) is 0 Å². The highest BCUT2D eigenvalue weighted by atomic mass is 32.2. The summed E-state index contributed by atoms with van der Waals surface area (Å²) >= 11 is 0. The molecular formula is C13H26N4O3S. The predicted molar refractivity (Wildman–Crippen MR) is 84.1 cm³/mol. The van der Waals surface area contributed by atoms with Gasteiger partial charge in [0.05, 0.1) is 10.5 Å². The van der Waals surface area contributed by atoms with Crippen molar-refractivity contribution in [2.24, 2.45) is 4.99 Å². The number of sulfone groups is 1. The van der Waals surface area contributed by atoms with Crippen LogP contribution in [-0.2, 0) is 14.6 Å². The van der Waals surface area contributed by atoms with E-state index in [-0.39, 0.29) is 11.7 Å². The SMILES string of the molecule is CN=C(NCCC(=O)N(C)C)N1CCS(=O)(=O)C(C)(C)C1. The van der Waals surface area contributed by atoms with Gasteiger partial charge in [-0.3, -0.25) is 9.79 Å². The van der Waals surface area contributed by atoms with Crippen LogP contribution in [0.2, 0.25) is 0 Å². The van der Waals surface area contributed by atoms with Gasteiger partial charge in [0.15, 0.2) is 15.8 Å². The van der Waals surface area contributed by atoms with Gasteiger partial charge in [-0.2, -0.15) is 0 Å². The molecule has 21 heavy (non-hydrogen) atoms. The first kappa shape index (κ1) is 17.7. The van der Waals surface area contributed by atoms with Crippen molar-refractivity contribution in [2.75, 3.05) is 46.5 Å². The molecule has 0 saturated carbocycles. The molecular weight excluding hydrogens is 292 g/mol. The summed E-state index contributed by atoms with van der Waals surface area (Å²) in [6, 6.07) is 0. The fourth-order valence-electron chi connectivity index (χ4n) is 2.16. The fourth-order valence-corrected chi connectivity index (χ4v) is 3.53. The monoisotopic (exact) mass is 318 g/mol. The van der Waals surface area contributed by atoms with Gasteiger partial charge in [0.2, 0.25) is 5.91 Å². The zero-order valence-corrected chi connectivity index (χ0v) is 14.3. The summed E-state index contributed by atoms with van der Waals surface area (Å²) in [6.45, 7) is 4.77. The molecule has 7 nitrogen and oxygen atoms in total. The lowest BCUT2D eigenvalue weighted by Crippen LogP contribution is -2.57. The van der Waals surface area contributed by atoms with Crippen LogP contribution in [0, 0.1) is 0 Å². The van der Waals surface area contributed by atoms with Crippen LogP contribution in [0.25, 0.3) is 0 Å². The van der Waals surface area contributed by atoms with E-state index in [2.05, 4.69) is 10.3 Å². The van der Waals surface area contributed by atoms with Crippen molar-refractivity contribution < 1.29 is 13.2 Å². The summed E-state index contributed by atoms with van der Waals surface area (Å²) in [5.74, 6) is 0.807. The number of nitrogens with one attached hydrogen (secondary N) is 1. The van der Waals surface area contributed by atoms with Crippen molar-refractivity contribution in [1.82, 2.24) is 15.1 Å². The molecule has 0 bridgehead atoms. The van der Waals surface area contributed by atoms with E-state index >= 15 is 0 Å². The molecule has 0 aromatic heterocycles. The van der Waals surface area contributed by atoms with Crippen LogP contribution in [0.1, 0.15) is 20.3 Å². The number of hydrogen-bond donors (Lipinski definition) is 1. The number of aliphatic imine (C=N–C) groups is 1. The van der Waals surface area contributed by atoms with E-state index < -0.39 is 14.6 Å². The van der Waals surface area contributed by atoms with Crippen LogP contribution in [0.3, 0.4) is 0 Å². The second-order valence-electron chi connectivity index (χ2n) is 6.01. The minimum Gasteiger partial charge on any atom is -0.356 e. The van der Waals surface area contributed by atoms with E-state index in [1.165, 1.54) is 0 Å². The zero-order valence-electron chi connectivity index (χ0n) is 13.5. The molecule has 0 aliphatic carbocycles. The Morgan fingerprint density at radius 2 is 2.00 bits per heavy atom. The Balaban J connectivity index is 2.61. The Kier molecular flexibility index (Phi) is 5.61. The van der Waals surface area contributed by atoms with Crippen molar-refractivity contribution in [1.29, 1.82) is 0 Å². The molecule has 0 radical (unpaired) electrons. The van der Waals surface area contributed by atoms with Gasteiger partial charge in [0, 0.05) is 47.2 Å². The highest BCUT2D eigenvalue weighted by Crippen LogP contribution is 2.23. The first-order valence-electron chi connectivity index (χ1n) is 6.99. The topological polar surface area (TPSA) is 82.1 Å². The third kappa shape index (κ3) is 4.33. The summed E-state index contributed by atoms with van der Waals surface area (Å²) in [7, 11) is 2.03. The second-order valence-corrected chi connectivity index (χ2v) is 8.76. The Hall–Kier alpha value is -1.31. The number of guanidine groups is 1. The molecule has 1 amide bonds. The Bertz CT molecular complexity index is 512. The number of carbonyl (C=O) groups excluding carboxylic acids is 1. The summed E-state index contributed by atoms with van der Waals surface area (Å²) in [5, 5.41) is 3.12. The Morgan fingerprint density at radius 3 is 2.48 bits per heavy atom. The summed E-state index contributed by atoms with van der Waals surface area (Å²) < 4.78 is 23.2. The highest BCUT2D eigenvalue weighted by molar-refractivity contribution is 7.92.